The molecule has 2 aromatic rings. The van der Waals surface area contributed by atoms with Gasteiger partial charge in [0.1, 0.15) is 12.7 Å². The second-order valence-corrected chi connectivity index (χ2v) is 8.78. The molecule has 2 aliphatic heterocycles. The maximum atomic E-state index is 12.7. The van der Waals surface area contributed by atoms with Crippen LogP contribution in [0, 0.1) is 5.92 Å². The fraction of sp³-hybridized carbons (Fsp3) is 0.522. The lowest BCUT2D eigenvalue weighted by Gasteiger charge is -2.47. The molecule has 2 aromatic heterocycles. The van der Waals surface area contributed by atoms with Gasteiger partial charge >= 0.3 is 0 Å². The molecule has 0 radical (unpaired) electrons. The van der Waals surface area contributed by atoms with Gasteiger partial charge < -0.3 is 19.6 Å². The summed E-state index contributed by atoms with van der Waals surface area (Å²) in [6.45, 7) is 7.87. The van der Waals surface area contributed by atoms with Crippen LogP contribution in [0.4, 0.5) is 0 Å². The van der Waals surface area contributed by atoms with Crippen LogP contribution < -0.4 is 10.9 Å². The number of carbonyl (C=O) groups is 2. The number of rotatable bonds is 7. The quantitative estimate of drug-likeness (QED) is 0.475. The number of piperidine rings is 1. The van der Waals surface area contributed by atoms with Gasteiger partial charge in [0.05, 0.1) is 6.04 Å². The molecule has 0 spiro atoms. The zero-order chi connectivity index (χ0) is 23.8. The number of fused-ring (bicyclic) bond motifs is 4. The standard InChI is InChI=1S/C22H30N6O2.CH2O2/c1-16(2)6-8-26-12-17-10-18(13-26)20(28-19(17)4-3-5-22(28)30)11-23-21(29)7-9-27-14-24-25-15-27;2-1-3/h3-6,14-15,17-18,20H,7-13H2,1-2H3,(H,23,29);1H,(H,2,3)/t17-,18+,20+;/m1./s1. The molecule has 0 aliphatic carbocycles. The number of nitrogens with one attached hydrogen (secondary N) is 1. The second kappa shape index (κ2) is 11.6. The highest BCUT2D eigenvalue weighted by molar-refractivity contribution is 5.75. The Morgan fingerprint density at radius 1 is 1.24 bits per heavy atom. The van der Waals surface area contributed by atoms with Crippen LogP contribution in [-0.4, -0.2) is 67.9 Å². The van der Waals surface area contributed by atoms with E-state index in [2.05, 4.69) is 46.4 Å². The zero-order valence-electron chi connectivity index (χ0n) is 19.1. The van der Waals surface area contributed by atoms with Crippen molar-refractivity contribution in [1.82, 2.24) is 29.5 Å². The summed E-state index contributed by atoms with van der Waals surface area (Å²) < 4.78 is 3.73. The van der Waals surface area contributed by atoms with Crippen LogP contribution in [0.2, 0.25) is 0 Å². The summed E-state index contributed by atoms with van der Waals surface area (Å²) in [7, 11) is 0. The molecule has 4 heterocycles. The van der Waals surface area contributed by atoms with Crippen molar-refractivity contribution in [3.8, 4) is 0 Å². The van der Waals surface area contributed by atoms with Gasteiger partial charge in [0.25, 0.3) is 12.0 Å². The summed E-state index contributed by atoms with van der Waals surface area (Å²) >= 11 is 0. The largest absolute Gasteiger partial charge is 0.483 e. The van der Waals surface area contributed by atoms with Gasteiger partial charge in [-0.15, -0.1) is 10.2 Å². The highest BCUT2D eigenvalue weighted by Gasteiger charge is 2.40. The summed E-state index contributed by atoms with van der Waals surface area (Å²) in [5.41, 5.74) is 2.45. The topological polar surface area (TPSA) is 122 Å². The first-order valence-electron chi connectivity index (χ1n) is 11.2. The molecule has 0 saturated carbocycles. The maximum Gasteiger partial charge on any atom is 0.290 e. The molecule has 178 valence electrons. The number of aromatic nitrogens is 4. The number of nitrogens with zero attached hydrogens (tertiary/aromatic N) is 5. The number of pyridine rings is 1. The van der Waals surface area contributed by atoms with E-state index in [4.69, 9.17) is 9.90 Å². The minimum absolute atomic E-state index is 0.0154. The molecule has 3 atom stereocenters. The number of carboxylic acid groups (broad SMARTS) is 1. The third kappa shape index (κ3) is 6.38. The molecule has 1 saturated heterocycles. The molecular formula is C23H32N6O4. The summed E-state index contributed by atoms with van der Waals surface area (Å²) in [6, 6.07) is 5.55. The lowest BCUT2D eigenvalue weighted by molar-refractivity contribution is -0.123. The van der Waals surface area contributed by atoms with E-state index in [-0.39, 0.29) is 24.0 Å². The molecular weight excluding hydrogens is 424 g/mol. The van der Waals surface area contributed by atoms with Crippen molar-refractivity contribution in [2.45, 2.75) is 45.2 Å². The van der Waals surface area contributed by atoms with Crippen molar-refractivity contribution in [2.24, 2.45) is 5.92 Å². The van der Waals surface area contributed by atoms with Crippen molar-refractivity contribution in [3.63, 3.8) is 0 Å². The SMILES string of the molecule is CC(C)=CCN1C[C@H]2C[C@@H](C1)[C@H](CNC(=O)CCn1cnnc1)n1c2cccc1=O.O=CO. The van der Waals surface area contributed by atoms with Crippen molar-refractivity contribution in [2.75, 3.05) is 26.2 Å². The van der Waals surface area contributed by atoms with Gasteiger partial charge in [0.15, 0.2) is 0 Å². The van der Waals surface area contributed by atoms with Crippen molar-refractivity contribution in [3.05, 3.63) is 58.6 Å². The lowest BCUT2D eigenvalue weighted by atomic mass is 9.78. The summed E-state index contributed by atoms with van der Waals surface area (Å²) in [5, 5.41) is 17.5. The number of hydrogen-bond donors (Lipinski definition) is 2. The van der Waals surface area contributed by atoms with Gasteiger partial charge in [-0.25, -0.2) is 0 Å². The monoisotopic (exact) mass is 456 g/mol. The van der Waals surface area contributed by atoms with Crippen LogP contribution >= 0.6 is 0 Å². The Morgan fingerprint density at radius 3 is 2.67 bits per heavy atom. The summed E-state index contributed by atoms with van der Waals surface area (Å²) in [6.07, 6.45) is 6.90. The van der Waals surface area contributed by atoms with E-state index in [1.165, 1.54) is 5.57 Å². The van der Waals surface area contributed by atoms with Crippen LogP contribution in [0.3, 0.4) is 0 Å². The zero-order valence-corrected chi connectivity index (χ0v) is 19.1. The van der Waals surface area contributed by atoms with Crippen LogP contribution in [0.15, 0.2) is 47.3 Å². The highest BCUT2D eigenvalue weighted by Crippen LogP contribution is 2.40. The second-order valence-electron chi connectivity index (χ2n) is 8.78. The molecule has 4 rings (SSSR count). The van der Waals surface area contributed by atoms with E-state index in [0.29, 0.717) is 31.3 Å². The molecule has 0 aromatic carbocycles. The van der Waals surface area contributed by atoms with Crippen molar-refractivity contribution >= 4 is 12.4 Å². The molecule has 10 heteroatoms. The normalized spacial score (nSPS) is 21.2. The number of carbonyl (C=O) groups excluding carboxylic acids is 1. The van der Waals surface area contributed by atoms with E-state index >= 15 is 0 Å². The van der Waals surface area contributed by atoms with Crippen molar-refractivity contribution in [1.29, 1.82) is 0 Å². The van der Waals surface area contributed by atoms with Crippen LogP contribution in [0.1, 0.15) is 44.3 Å². The van der Waals surface area contributed by atoms with Gasteiger partial charge in [-0.2, -0.15) is 0 Å². The maximum absolute atomic E-state index is 12.7. The number of amides is 1. The predicted octanol–water partition coefficient (Wildman–Crippen LogP) is 1.27. The summed E-state index contributed by atoms with van der Waals surface area (Å²) in [4.78, 5) is 36.0. The Hall–Kier alpha value is -3.27. The molecule has 2 bridgehead atoms. The third-order valence-electron chi connectivity index (χ3n) is 6.20. The molecule has 10 nitrogen and oxygen atoms in total. The smallest absolute Gasteiger partial charge is 0.290 e. The van der Waals surface area contributed by atoms with Crippen LogP contribution in [0.25, 0.3) is 0 Å². The lowest BCUT2D eigenvalue weighted by Crippen LogP contribution is -2.52. The van der Waals surface area contributed by atoms with Gasteiger partial charge in [0, 0.05) is 56.8 Å². The molecule has 1 fully saturated rings. The van der Waals surface area contributed by atoms with Gasteiger partial charge in [-0.1, -0.05) is 17.7 Å². The Kier molecular flexibility index (Phi) is 8.53. The molecule has 33 heavy (non-hydrogen) atoms. The van der Waals surface area contributed by atoms with E-state index in [0.717, 1.165) is 31.7 Å². The third-order valence-corrected chi connectivity index (χ3v) is 6.20. The van der Waals surface area contributed by atoms with E-state index in [9.17, 15) is 9.59 Å². The van der Waals surface area contributed by atoms with Crippen LogP contribution in [-0.2, 0) is 16.1 Å². The molecule has 2 aliphatic rings. The minimum atomic E-state index is -0.250. The van der Waals surface area contributed by atoms with Gasteiger partial charge in [-0.05, 0) is 32.3 Å². The average molecular weight is 457 g/mol. The summed E-state index contributed by atoms with van der Waals surface area (Å²) in [5.74, 6) is 0.692. The van der Waals surface area contributed by atoms with E-state index < -0.39 is 0 Å². The van der Waals surface area contributed by atoms with Gasteiger partial charge in [0.2, 0.25) is 5.91 Å². The minimum Gasteiger partial charge on any atom is -0.483 e. The number of allylic oxidation sites excluding steroid dienone is 1. The first kappa shape index (κ1) is 24.4. The molecule has 2 N–H and O–H groups in total. The molecule has 1 amide bonds. The highest BCUT2D eigenvalue weighted by atomic mass is 16.3. The predicted molar refractivity (Wildman–Crippen MR) is 123 cm³/mol. The number of hydrogen-bond acceptors (Lipinski definition) is 6. The first-order chi connectivity index (χ1) is 15.9. The average Bonchev–Trinajstić information content (AvgIpc) is 3.31. The Morgan fingerprint density at radius 2 is 1.97 bits per heavy atom. The first-order valence-corrected chi connectivity index (χ1v) is 11.2. The van der Waals surface area contributed by atoms with Gasteiger partial charge in [-0.3, -0.25) is 19.3 Å². The number of likely N-dealkylation sites (tertiary alicyclic amines) is 1. The van der Waals surface area contributed by atoms with Crippen molar-refractivity contribution < 1.29 is 14.7 Å². The number of aryl methyl sites for hydroxylation is 1. The fourth-order valence-electron chi connectivity index (χ4n) is 4.73. The van der Waals surface area contributed by atoms with E-state index in [1.54, 1.807) is 23.3 Å². The van der Waals surface area contributed by atoms with E-state index in [1.807, 2.05) is 10.6 Å². The molecule has 0 unspecified atom stereocenters. The Balaban J connectivity index is 0.000000968. The Bertz CT molecular complexity index is 1010. The fourth-order valence-corrected chi connectivity index (χ4v) is 4.73. The Labute approximate surface area is 192 Å². The van der Waals surface area contributed by atoms with Crippen LogP contribution in [0.5, 0.6) is 0 Å².